The standard InChI is InChI=1S/C31H36N4O5/c1-6-8-13-25-32-27(19(3)4)26(20(5)30(37)39-7-2)29(36)35(25)18-21-14-16-22(17-15-21)23-11-9-10-12-24(23)28-33-31(38)40-34-28/h9-12,14-17,19-20H,6-8,13,18H2,1-5H3,(H,33,34,38). The molecule has 4 rings (SSSR count). The maximum absolute atomic E-state index is 14.0. The summed E-state index contributed by atoms with van der Waals surface area (Å²) in [7, 11) is 0. The fourth-order valence-corrected chi connectivity index (χ4v) is 4.81. The SMILES string of the molecule is CCCCc1nc(C(C)C)c(C(C)C(=O)OCC)c(=O)n1Cc1ccc(-c2ccccc2-c2noc(=O)[nH]2)cc1. The number of aromatic amines is 1. The van der Waals surface area contributed by atoms with Crippen LogP contribution in [0.5, 0.6) is 0 Å². The van der Waals surface area contributed by atoms with Gasteiger partial charge in [-0.15, -0.1) is 0 Å². The minimum absolute atomic E-state index is 0.0198. The lowest BCUT2D eigenvalue weighted by molar-refractivity contribution is -0.144. The van der Waals surface area contributed by atoms with Gasteiger partial charge in [0.25, 0.3) is 5.56 Å². The number of nitrogens with zero attached hydrogens (tertiary/aromatic N) is 3. The van der Waals surface area contributed by atoms with Gasteiger partial charge in [-0.2, -0.15) is 0 Å². The number of unbranched alkanes of at least 4 members (excludes halogenated alkanes) is 1. The van der Waals surface area contributed by atoms with E-state index in [1.165, 1.54) is 0 Å². The van der Waals surface area contributed by atoms with Crippen LogP contribution in [0.4, 0.5) is 0 Å². The Hall–Kier alpha value is -4.27. The van der Waals surface area contributed by atoms with Crippen molar-refractivity contribution in [2.45, 2.75) is 72.3 Å². The second-order valence-electron chi connectivity index (χ2n) is 10.1. The van der Waals surface area contributed by atoms with E-state index in [0.29, 0.717) is 30.0 Å². The van der Waals surface area contributed by atoms with Crippen LogP contribution >= 0.6 is 0 Å². The Bertz CT molecular complexity index is 1580. The van der Waals surface area contributed by atoms with E-state index in [1.54, 1.807) is 18.4 Å². The average molecular weight is 545 g/mol. The lowest BCUT2D eigenvalue weighted by atomic mass is 9.94. The summed E-state index contributed by atoms with van der Waals surface area (Å²) >= 11 is 0. The van der Waals surface area contributed by atoms with Gasteiger partial charge in [0.1, 0.15) is 5.82 Å². The highest BCUT2D eigenvalue weighted by atomic mass is 16.5. The first kappa shape index (κ1) is 28.7. The lowest BCUT2D eigenvalue weighted by Gasteiger charge is -2.21. The van der Waals surface area contributed by atoms with Crippen molar-refractivity contribution in [3.05, 3.63) is 92.1 Å². The first-order valence-corrected chi connectivity index (χ1v) is 13.8. The predicted octanol–water partition coefficient (Wildman–Crippen LogP) is 5.43. The van der Waals surface area contributed by atoms with E-state index < -0.39 is 17.6 Å². The highest BCUT2D eigenvalue weighted by Crippen LogP contribution is 2.30. The van der Waals surface area contributed by atoms with Gasteiger partial charge in [0.15, 0.2) is 5.82 Å². The molecule has 1 unspecified atom stereocenters. The number of hydrogen-bond donors (Lipinski definition) is 1. The van der Waals surface area contributed by atoms with Gasteiger partial charge in [-0.1, -0.05) is 80.9 Å². The average Bonchev–Trinajstić information content (AvgIpc) is 3.39. The quantitative estimate of drug-likeness (QED) is 0.250. The summed E-state index contributed by atoms with van der Waals surface area (Å²) in [5.41, 5.74) is 4.33. The molecule has 40 heavy (non-hydrogen) atoms. The molecule has 2 aromatic heterocycles. The number of esters is 1. The molecule has 2 aromatic carbocycles. The minimum Gasteiger partial charge on any atom is -0.466 e. The molecule has 0 saturated heterocycles. The van der Waals surface area contributed by atoms with Crippen molar-refractivity contribution in [2.24, 2.45) is 0 Å². The molecule has 0 radical (unpaired) electrons. The van der Waals surface area contributed by atoms with Gasteiger partial charge >= 0.3 is 11.7 Å². The maximum Gasteiger partial charge on any atom is 0.439 e. The van der Waals surface area contributed by atoms with Gasteiger partial charge in [0.05, 0.1) is 30.3 Å². The molecule has 2 heterocycles. The van der Waals surface area contributed by atoms with E-state index in [0.717, 1.165) is 40.9 Å². The van der Waals surface area contributed by atoms with Crippen LogP contribution < -0.4 is 11.3 Å². The highest BCUT2D eigenvalue weighted by molar-refractivity contribution is 5.80. The molecule has 0 aliphatic rings. The molecule has 0 aliphatic carbocycles. The van der Waals surface area contributed by atoms with Gasteiger partial charge in [0, 0.05) is 12.0 Å². The maximum atomic E-state index is 14.0. The number of benzene rings is 2. The summed E-state index contributed by atoms with van der Waals surface area (Å²) in [6, 6.07) is 15.5. The van der Waals surface area contributed by atoms with Crippen molar-refractivity contribution in [1.29, 1.82) is 0 Å². The van der Waals surface area contributed by atoms with Gasteiger partial charge < -0.3 is 4.74 Å². The van der Waals surface area contributed by atoms with Gasteiger partial charge in [-0.05, 0) is 42.9 Å². The second-order valence-corrected chi connectivity index (χ2v) is 10.1. The Morgan fingerprint density at radius 1 is 1.02 bits per heavy atom. The highest BCUT2D eigenvalue weighted by Gasteiger charge is 2.28. The summed E-state index contributed by atoms with van der Waals surface area (Å²) in [5, 5.41) is 3.83. The molecule has 4 aromatic rings. The summed E-state index contributed by atoms with van der Waals surface area (Å²) in [6.07, 6.45) is 2.54. The molecule has 1 N–H and O–H groups in total. The number of ether oxygens (including phenoxy) is 1. The Morgan fingerprint density at radius 2 is 1.73 bits per heavy atom. The molecule has 0 aliphatic heterocycles. The fraction of sp³-hybridized carbons (Fsp3) is 0.387. The van der Waals surface area contributed by atoms with Crippen molar-refractivity contribution in [3.63, 3.8) is 0 Å². The van der Waals surface area contributed by atoms with Crippen LogP contribution in [0.3, 0.4) is 0 Å². The van der Waals surface area contributed by atoms with Crippen molar-refractivity contribution in [3.8, 4) is 22.5 Å². The smallest absolute Gasteiger partial charge is 0.439 e. The third kappa shape index (κ3) is 6.14. The number of H-pyrrole nitrogens is 1. The molecule has 0 amide bonds. The number of carbonyl (C=O) groups is 1. The van der Waals surface area contributed by atoms with E-state index >= 15 is 0 Å². The Balaban J connectivity index is 1.74. The van der Waals surface area contributed by atoms with Crippen LogP contribution in [0.15, 0.2) is 62.6 Å². The third-order valence-electron chi connectivity index (χ3n) is 6.91. The van der Waals surface area contributed by atoms with Crippen LogP contribution in [0.2, 0.25) is 0 Å². The van der Waals surface area contributed by atoms with Crippen LogP contribution in [0, 0.1) is 0 Å². The van der Waals surface area contributed by atoms with Gasteiger partial charge in [-0.25, -0.2) is 9.78 Å². The van der Waals surface area contributed by atoms with Gasteiger partial charge in [0.2, 0.25) is 0 Å². The molecule has 1 atom stereocenters. The topological polar surface area (TPSA) is 120 Å². The molecular formula is C31H36N4O5. The molecule has 0 bridgehead atoms. The lowest BCUT2D eigenvalue weighted by Crippen LogP contribution is -2.34. The molecule has 0 saturated carbocycles. The molecule has 210 valence electrons. The normalized spacial score (nSPS) is 12.1. The van der Waals surface area contributed by atoms with Crippen molar-refractivity contribution in [1.82, 2.24) is 19.7 Å². The number of rotatable bonds is 11. The van der Waals surface area contributed by atoms with E-state index in [2.05, 4.69) is 17.1 Å². The zero-order chi connectivity index (χ0) is 28.8. The predicted molar refractivity (Wildman–Crippen MR) is 153 cm³/mol. The van der Waals surface area contributed by atoms with E-state index in [1.807, 2.05) is 62.4 Å². The second kappa shape index (κ2) is 12.7. The number of carbonyl (C=O) groups excluding carboxylic acids is 1. The molecule has 0 fully saturated rings. The minimum atomic E-state index is -0.717. The van der Waals surface area contributed by atoms with Crippen LogP contribution in [0.25, 0.3) is 22.5 Å². The summed E-state index contributed by atoms with van der Waals surface area (Å²) in [4.78, 5) is 45.7. The summed E-state index contributed by atoms with van der Waals surface area (Å²) in [5.74, 6) is -0.693. The van der Waals surface area contributed by atoms with Crippen LogP contribution in [-0.4, -0.2) is 32.3 Å². The summed E-state index contributed by atoms with van der Waals surface area (Å²) in [6.45, 7) is 10.1. The molecule has 9 heteroatoms. The van der Waals surface area contributed by atoms with Crippen LogP contribution in [-0.2, 0) is 22.5 Å². The number of aryl methyl sites for hydroxylation is 1. The zero-order valence-corrected chi connectivity index (χ0v) is 23.7. The van der Waals surface area contributed by atoms with E-state index in [9.17, 15) is 14.4 Å². The molecular weight excluding hydrogens is 508 g/mol. The van der Waals surface area contributed by atoms with Crippen LogP contribution in [0.1, 0.15) is 81.9 Å². The molecule has 9 nitrogen and oxygen atoms in total. The largest absolute Gasteiger partial charge is 0.466 e. The fourth-order valence-electron chi connectivity index (χ4n) is 4.81. The summed E-state index contributed by atoms with van der Waals surface area (Å²) < 4.78 is 11.7. The molecule has 0 spiro atoms. The van der Waals surface area contributed by atoms with Crippen molar-refractivity contribution in [2.75, 3.05) is 6.61 Å². The van der Waals surface area contributed by atoms with E-state index in [-0.39, 0.29) is 18.1 Å². The number of nitrogens with one attached hydrogen (secondary N) is 1. The Labute approximate surface area is 233 Å². The van der Waals surface area contributed by atoms with Gasteiger partial charge in [-0.3, -0.25) is 23.7 Å². The first-order chi connectivity index (χ1) is 19.2. The van der Waals surface area contributed by atoms with E-state index in [4.69, 9.17) is 14.2 Å². The van der Waals surface area contributed by atoms with Crippen molar-refractivity contribution < 1.29 is 14.1 Å². The zero-order valence-electron chi connectivity index (χ0n) is 23.7. The Morgan fingerprint density at radius 3 is 2.33 bits per heavy atom. The number of aromatic nitrogens is 4. The third-order valence-corrected chi connectivity index (χ3v) is 6.91. The first-order valence-electron chi connectivity index (χ1n) is 13.8. The van der Waals surface area contributed by atoms with Crippen molar-refractivity contribution >= 4 is 5.97 Å². The Kier molecular flexibility index (Phi) is 9.14. The number of hydrogen-bond acceptors (Lipinski definition) is 7. The monoisotopic (exact) mass is 544 g/mol.